The van der Waals surface area contributed by atoms with Gasteiger partial charge >= 0.3 is 5.97 Å². The van der Waals surface area contributed by atoms with E-state index in [0.717, 1.165) is 12.1 Å². The van der Waals surface area contributed by atoms with E-state index in [1.807, 2.05) is 4.90 Å². The van der Waals surface area contributed by atoms with Crippen LogP contribution in [0.5, 0.6) is 5.75 Å². The largest absolute Gasteiger partial charge is 0.494 e. The number of hydrogen-bond acceptors (Lipinski definition) is 4. The predicted octanol–water partition coefficient (Wildman–Crippen LogP) is 2.44. The lowest BCUT2D eigenvalue weighted by atomic mass is 10.1. The molecular formula is C15H15FN2O3. The van der Waals surface area contributed by atoms with Gasteiger partial charge in [-0.1, -0.05) is 0 Å². The zero-order valence-electron chi connectivity index (χ0n) is 11.5. The smallest absolute Gasteiger partial charge is 0.326 e. The summed E-state index contributed by atoms with van der Waals surface area (Å²) in [6, 6.07) is 4.10. The summed E-state index contributed by atoms with van der Waals surface area (Å²) in [4.78, 5) is 17.3. The van der Waals surface area contributed by atoms with Crippen molar-refractivity contribution in [1.82, 2.24) is 4.98 Å². The summed E-state index contributed by atoms with van der Waals surface area (Å²) in [5.41, 5.74) is 1.24. The molecule has 1 saturated heterocycles. The molecule has 1 aliphatic heterocycles. The lowest BCUT2D eigenvalue weighted by Crippen LogP contribution is -2.36. The minimum Gasteiger partial charge on any atom is -0.494 e. The normalized spacial score (nSPS) is 18.2. The van der Waals surface area contributed by atoms with Gasteiger partial charge in [-0.05, 0) is 25.0 Å². The van der Waals surface area contributed by atoms with E-state index in [1.165, 1.54) is 13.2 Å². The summed E-state index contributed by atoms with van der Waals surface area (Å²) >= 11 is 0. The van der Waals surface area contributed by atoms with Gasteiger partial charge in [0.05, 0.1) is 12.6 Å². The quantitative estimate of drug-likeness (QED) is 0.940. The first-order valence-corrected chi connectivity index (χ1v) is 6.73. The van der Waals surface area contributed by atoms with E-state index in [9.17, 15) is 14.3 Å². The van der Waals surface area contributed by atoms with E-state index in [2.05, 4.69) is 4.98 Å². The van der Waals surface area contributed by atoms with E-state index in [4.69, 9.17) is 4.74 Å². The van der Waals surface area contributed by atoms with Crippen molar-refractivity contribution in [3.63, 3.8) is 0 Å². The SMILES string of the molecule is COc1cc2c(N3CCC[C@@H]3C(=O)O)ccnc2cc1F. The second kappa shape index (κ2) is 5.20. The first kappa shape index (κ1) is 13.6. The first-order chi connectivity index (χ1) is 10.1. The number of carboxylic acid groups (broad SMARTS) is 1. The van der Waals surface area contributed by atoms with Crippen molar-refractivity contribution in [2.45, 2.75) is 18.9 Å². The van der Waals surface area contributed by atoms with Crippen LogP contribution in [-0.4, -0.2) is 35.8 Å². The Hall–Kier alpha value is -2.37. The number of fused-ring (bicyclic) bond motifs is 1. The second-order valence-electron chi connectivity index (χ2n) is 5.02. The molecular weight excluding hydrogens is 275 g/mol. The van der Waals surface area contributed by atoms with E-state index in [0.29, 0.717) is 23.9 Å². The summed E-state index contributed by atoms with van der Waals surface area (Å²) < 4.78 is 18.8. The molecule has 1 aliphatic rings. The topological polar surface area (TPSA) is 62.7 Å². The van der Waals surface area contributed by atoms with Crippen LogP contribution in [0.2, 0.25) is 0 Å². The fourth-order valence-corrected chi connectivity index (χ4v) is 2.85. The number of rotatable bonds is 3. The number of aliphatic carboxylic acids is 1. The van der Waals surface area contributed by atoms with E-state index < -0.39 is 17.8 Å². The molecule has 0 unspecified atom stereocenters. The van der Waals surface area contributed by atoms with E-state index in [-0.39, 0.29) is 5.75 Å². The predicted molar refractivity (Wildman–Crippen MR) is 76.3 cm³/mol. The number of methoxy groups -OCH3 is 1. The lowest BCUT2D eigenvalue weighted by molar-refractivity contribution is -0.138. The van der Waals surface area contributed by atoms with Crippen LogP contribution in [0.15, 0.2) is 24.4 Å². The van der Waals surface area contributed by atoms with Crippen LogP contribution < -0.4 is 9.64 Å². The summed E-state index contributed by atoms with van der Waals surface area (Å²) in [6.45, 7) is 0.662. The fourth-order valence-electron chi connectivity index (χ4n) is 2.85. The molecule has 3 rings (SSSR count). The van der Waals surface area contributed by atoms with Crippen molar-refractivity contribution in [3.8, 4) is 5.75 Å². The molecule has 6 heteroatoms. The minimum atomic E-state index is -0.841. The van der Waals surface area contributed by atoms with Gasteiger partial charge in [0.1, 0.15) is 6.04 Å². The number of aromatic nitrogens is 1. The summed E-state index contributed by atoms with van der Waals surface area (Å²) in [5, 5.41) is 10.0. The standard InChI is InChI=1S/C15H15FN2O3/c1-21-14-7-9-11(8-10(14)16)17-5-4-12(9)18-6-2-3-13(18)15(19)20/h4-5,7-8,13H,2-3,6H2,1H3,(H,19,20)/t13-/m1/s1. The number of hydrogen-bond donors (Lipinski definition) is 1. The Morgan fingerprint density at radius 3 is 3.05 bits per heavy atom. The number of anilines is 1. The molecule has 1 aromatic heterocycles. The van der Waals surface area contributed by atoms with Crippen molar-refractivity contribution in [3.05, 3.63) is 30.2 Å². The van der Waals surface area contributed by atoms with Gasteiger partial charge in [-0.15, -0.1) is 0 Å². The van der Waals surface area contributed by atoms with Crippen LogP contribution in [0.4, 0.5) is 10.1 Å². The summed E-state index contributed by atoms with van der Waals surface area (Å²) in [5.74, 6) is -1.19. The molecule has 0 saturated carbocycles. The molecule has 110 valence electrons. The third-order valence-electron chi connectivity index (χ3n) is 3.84. The first-order valence-electron chi connectivity index (χ1n) is 6.73. The van der Waals surface area contributed by atoms with Crippen molar-refractivity contribution in [2.75, 3.05) is 18.6 Å². The van der Waals surface area contributed by atoms with Gasteiger partial charge in [-0.2, -0.15) is 0 Å². The highest BCUT2D eigenvalue weighted by Crippen LogP contribution is 2.34. The zero-order chi connectivity index (χ0) is 15.0. The Labute approximate surface area is 121 Å². The van der Waals surface area contributed by atoms with Crippen molar-refractivity contribution < 1.29 is 19.0 Å². The molecule has 0 aliphatic carbocycles. The molecule has 1 aromatic carbocycles. The maximum absolute atomic E-state index is 13.8. The molecule has 2 aromatic rings. The minimum absolute atomic E-state index is 0.128. The molecule has 0 amide bonds. The maximum atomic E-state index is 13.8. The Kier molecular flexibility index (Phi) is 3.37. The van der Waals surface area contributed by atoms with E-state index >= 15 is 0 Å². The average molecular weight is 290 g/mol. The molecule has 21 heavy (non-hydrogen) atoms. The van der Waals surface area contributed by atoms with Crippen LogP contribution >= 0.6 is 0 Å². The Morgan fingerprint density at radius 2 is 2.33 bits per heavy atom. The Bertz CT molecular complexity index is 705. The van der Waals surface area contributed by atoms with Crippen LogP contribution in [0.25, 0.3) is 10.9 Å². The van der Waals surface area contributed by atoms with Gasteiger partial charge in [0.2, 0.25) is 0 Å². The van der Waals surface area contributed by atoms with E-state index in [1.54, 1.807) is 18.3 Å². The molecule has 1 atom stereocenters. The third-order valence-corrected chi connectivity index (χ3v) is 3.84. The van der Waals surface area contributed by atoms with Crippen molar-refractivity contribution in [2.24, 2.45) is 0 Å². The fraction of sp³-hybridized carbons (Fsp3) is 0.333. The maximum Gasteiger partial charge on any atom is 0.326 e. The highest BCUT2D eigenvalue weighted by molar-refractivity contribution is 5.94. The molecule has 2 heterocycles. The number of carbonyl (C=O) groups is 1. The Balaban J connectivity index is 2.16. The molecule has 5 nitrogen and oxygen atoms in total. The van der Waals surface area contributed by atoms with Gasteiger partial charge in [-0.25, -0.2) is 9.18 Å². The number of ether oxygens (including phenoxy) is 1. The number of carboxylic acids is 1. The molecule has 1 fully saturated rings. The highest BCUT2D eigenvalue weighted by atomic mass is 19.1. The van der Waals surface area contributed by atoms with Gasteiger partial charge in [0.15, 0.2) is 11.6 Å². The van der Waals surface area contributed by atoms with Crippen LogP contribution in [0.1, 0.15) is 12.8 Å². The number of pyridine rings is 1. The number of halogens is 1. The molecule has 0 radical (unpaired) electrons. The number of benzene rings is 1. The van der Waals surface area contributed by atoms with Crippen molar-refractivity contribution >= 4 is 22.6 Å². The third kappa shape index (κ3) is 2.26. The molecule has 1 N–H and O–H groups in total. The summed E-state index contributed by atoms with van der Waals surface area (Å²) in [7, 11) is 1.40. The zero-order valence-corrected chi connectivity index (χ0v) is 11.5. The lowest BCUT2D eigenvalue weighted by Gasteiger charge is -2.25. The van der Waals surface area contributed by atoms with Crippen LogP contribution in [-0.2, 0) is 4.79 Å². The van der Waals surface area contributed by atoms with Crippen molar-refractivity contribution in [1.29, 1.82) is 0 Å². The average Bonchev–Trinajstić information content (AvgIpc) is 2.95. The highest BCUT2D eigenvalue weighted by Gasteiger charge is 2.31. The monoisotopic (exact) mass is 290 g/mol. The van der Waals surface area contributed by atoms with Crippen LogP contribution in [0.3, 0.4) is 0 Å². The molecule has 0 spiro atoms. The van der Waals surface area contributed by atoms with Gasteiger partial charge in [0.25, 0.3) is 0 Å². The number of nitrogens with zero attached hydrogens (tertiary/aromatic N) is 2. The van der Waals surface area contributed by atoms with Crippen LogP contribution in [0, 0.1) is 5.82 Å². The van der Waals surface area contributed by atoms with Gasteiger partial charge in [0, 0.05) is 29.9 Å². The Morgan fingerprint density at radius 1 is 1.52 bits per heavy atom. The second-order valence-corrected chi connectivity index (χ2v) is 5.02. The molecule has 0 bridgehead atoms. The summed E-state index contributed by atoms with van der Waals surface area (Å²) in [6.07, 6.45) is 3.00. The van der Waals surface area contributed by atoms with Gasteiger partial charge < -0.3 is 14.7 Å². The van der Waals surface area contributed by atoms with Gasteiger partial charge in [-0.3, -0.25) is 4.98 Å².